The van der Waals surface area contributed by atoms with Gasteiger partial charge < -0.3 is 15.4 Å². The number of nitrogens with one attached hydrogen (secondary N) is 2. The maximum atomic E-state index is 13.0. The van der Waals surface area contributed by atoms with Gasteiger partial charge in [0.1, 0.15) is 11.6 Å². The van der Waals surface area contributed by atoms with Crippen LogP contribution < -0.4 is 10.6 Å². The van der Waals surface area contributed by atoms with Crippen LogP contribution >= 0.6 is 0 Å². The molecule has 5 nitrogen and oxygen atoms in total. The number of hydrogen-bond acceptors (Lipinski definition) is 3. The van der Waals surface area contributed by atoms with Crippen molar-refractivity contribution in [3.63, 3.8) is 0 Å². The third-order valence-corrected chi connectivity index (χ3v) is 5.43. The molecule has 39 heavy (non-hydrogen) atoms. The van der Waals surface area contributed by atoms with E-state index in [-0.39, 0.29) is 12.1 Å². The summed E-state index contributed by atoms with van der Waals surface area (Å²) in [6.07, 6.45) is -9.84. The lowest BCUT2D eigenvalue weighted by Gasteiger charge is -2.23. The van der Waals surface area contributed by atoms with E-state index in [0.717, 1.165) is 36.4 Å². The van der Waals surface area contributed by atoms with Crippen LogP contribution in [0.1, 0.15) is 37.5 Å². The molecule has 0 fully saturated rings. The Morgan fingerprint density at radius 2 is 1.15 bits per heavy atom. The number of carbonyl (C=O) groups is 2. The van der Waals surface area contributed by atoms with Crippen molar-refractivity contribution in [2.24, 2.45) is 0 Å². The lowest BCUT2D eigenvalue weighted by molar-refractivity contribution is -0.138. The minimum Gasteiger partial charge on any atom is -0.444 e. The first-order chi connectivity index (χ1) is 18.0. The Labute approximate surface area is 221 Å². The minimum absolute atomic E-state index is 0.000990. The van der Waals surface area contributed by atoms with Gasteiger partial charge in [0.05, 0.1) is 11.1 Å². The van der Waals surface area contributed by atoms with Crippen LogP contribution in [0.5, 0.6) is 0 Å². The van der Waals surface area contributed by atoms with Gasteiger partial charge in [-0.25, -0.2) is 4.79 Å². The second kappa shape index (κ2) is 11.4. The second-order valence-corrected chi connectivity index (χ2v) is 9.74. The second-order valence-electron chi connectivity index (χ2n) is 9.74. The van der Waals surface area contributed by atoms with Gasteiger partial charge in [-0.2, -0.15) is 26.3 Å². The van der Waals surface area contributed by atoms with E-state index in [1.54, 1.807) is 45.0 Å². The standard InChI is InChI=1S/C28H26F6N2O3/c1-26(2,3)39-25(38)36-23(24(37)35-22-14-12-21(13-15-22)28(32,33)34)16-17-4-6-18(7-5-17)19-8-10-20(11-9-19)27(29,30)31/h4-15,23H,16H2,1-3H3,(H,35,37)(H,36,38)/t23-/m1/s1. The summed E-state index contributed by atoms with van der Waals surface area (Å²) in [5.74, 6) is -0.688. The molecule has 2 N–H and O–H groups in total. The van der Waals surface area contributed by atoms with Gasteiger partial charge in [-0.05, 0) is 73.9 Å². The molecule has 3 aromatic carbocycles. The quantitative estimate of drug-likeness (QED) is 0.312. The fourth-order valence-corrected chi connectivity index (χ4v) is 3.55. The molecule has 208 valence electrons. The summed E-state index contributed by atoms with van der Waals surface area (Å²) in [5, 5.41) is 4.98. The molecule has 0 spiro atoms. The first kappa shape index (κ1) is 29.5. The number of rotatable bonds is 6. The number of alkyl halides is 6. The third kappa shape index (κ3) is 8.76. The lowest BCUT2D eigenvalue weighted by Crippen LogP contribution is -2.47. The Kier molecular flexibility index (Phi) is 8.62. The predicted molar refractivity (Wildman–Crippen MR) is 134 cm³/mol. The first-order valence-electron chi connectivity index (χ1n) is 11.8. The molecule has 0 aliphatic heterocycles. The third-order valence-electron chi connectivity index (χ3n) is 5.43. The predicted octanol–water partition coefficient (Wildman–Crippen LogP) is 7.47. The molecule has 0 saturated carbocycles. The van der Waals surface area contributed by atoms with E-state index < -0.39 is 47.1 Å². The monoisotopic (exact) mass is 552 g/mol. The highest BCUT2D eigenvalue weighted by atomic mass is 19.4. The van der Waals surface area contributed by atoms with Crippen molar-refractivity contribution in [3.8, 4) is 11.1 Å². The zero-order valence-electron chi connectivity index (χ0n) is 21.2. The molecule has 3 aromatic rings. The van der Waals surface area contributed by atoms with E-state index in [9.17, 15) is 35.9 Å². The maximum Gasteiger partial charge on any atom is 0.416 e. The molecule has 0 heterocycles. The molecule has 1 atom stereocenters. The van der Waals surface area contributed by atoms with E-state index in [0.29, 0.717) is 16.7 Å². The maximum absolute atomic E-state index is 13.0. The zero-order valence-corrected chi connectivity index (χ0v) is 21.2. The van der Waals surface area contributed by atoms with Gasteiger partial charge in [0.15, 0.2) is 0 Å². The summed E-state index contributed by atoms with van der Waals surface area (Å²) in [5.41, 5.74) is -0.593. The van der Waals surface area contributed by atoms with Gasteiger partial charge in [-0.3, -0.25) is 4.79 Å². The van der Waals surface area contributed by atoms with E-state index in [4.69, 9.17) is 4.74 Å². The molecular weight excluding hydrogens is 526 g/mol. The largest absolute Gasteiger partial charge is 0.444 e. The van der Waals surface area contributed by atoms with Crippen molar-refractivity contribution >= 4 is 17.7 Å². The average molecular weight is 553 g/mol. The zero-order chi connectivity index (χ0) is 29.0. The summed E-state index contributed by atoms with van der Waals surface area (Å²) < 4.78 is 82.2. The molecule has 0 bridgehead atoms. The summed E-state index contributed by atoms with van der Waals surface area (Å²) in [6.45, 7) is 4.93. The van der Waals surface area contributed by atoms with Gasteiger partial charge in [0.25, 0.3) is 0 Å². The molecule has 0 unspecified atom stereocenters. The minimum atomic E-state index is -4.53. The average Bonchev–Trinajstić information content (AvgIpc) is 2.82. The smallest absolute Gasteiger partial charge is 0.416 e. The molecule has 0 aliphatic carbocycles. The number of alkyl carbamates (subject to hydrolysis) is 1. The van der Waals surface area contributed by atoms with Crippen LogP contribution in [-0.2, 0) is 28.3 Å². The molecule has 0 aromatic heterocycles. The number of benzene rings is 3. The molecular formula is C28H26F6N2O3. The number of hydrogen-bond donors (Lipinski definition) is 2. The van der Waals surface area contributed by atoms with Crippen molar-refractivity contribution in [1.82, 2.24) is 5.32 Å². The van der Waals surface area contributed by atoms with Crippen LogP contribution in [0.4, 0.5) is 36.8 Å². The fraction of sp³-hybridized carbons (Fsp3) is 0.286. The van der Waals surface area contributed by atoms with Crippen LogP contribution in [0.3, 0.4) is 0 Å². The number of amides is 2. The van der Waals surface area contributed by atoms with Crippen molar-refractivity contribution in [2.75, 3.05) is 5.32 Å². The fourth-order valence-electron chi connectivity index (χ4n) is 3.55. The van der Waals surface area contributed by atoms with Gasteiger partial charge >= 0.3 is 18.4 Å². The summed E-state index contributed by atoms with van der Waals surface area (Å²) in [4.78, 5) is 25.4. The number of anilines is 1. The first-order valence-corrected chi connectivity index (χ1v) is 11.8. The summed E-state index contributed by atoms with van der Waals surface area (Å²) in [7, 11) is 0. The highest BCUT2D eigenvalue weighted by molar-refractivity contribution is 5.96. The van der Waals surface area contributed by atoms with Crippen molar-refractivity contribution in [2.45, 2.75) is 51.2 Å². The SMILES string of the molecule is CC(C)(C)OC(=O)N[C@H](Cc1ccc(-c2ccc(C(F)(F)F)cc2)cc1)C(=O)Nc1ccc(C(F)(F)F)cc1. The highest BCUT2D eigenvalue weighted by Crippen LogP contribution is 2.31. The van der Waals surface area contributed by atoms with Crippen molar-refractivity contribution in [3.05, 3.63) is 89.5 Å². The van der Waals surface area contributed by atoms with Crippen LogP contribution in [0.15, 0.2) is 72.8 Å². The van der Waals surface area contributed by atoms with Crippen LogP contribution in [-0.4, -0.2) is 23.6 Å². The number of carbonyl (C=O) groups excluding carboxylic acids is 2. The summed E-state index contributed by atoms with van der Waals surface area (Å²) >= 11 is 0. The van der Waals surface area contributed by atoms with Crippen molar-refractivity contribution < 1.29 is 40.7 Å². The van der Waals surface area contributed by atoms with Gasteiger partial charge in [-0.15, -0.1) is 0 Å². The molecule has 11 heteroatoms. The highest BCUT2D eigenvalue weighted by Gasteiger charge is 2.31. The summed E-state index contributed by atoms with van der Waals surface area (Å²) in [6, 6.07) is 14.0. The molecule has 0 radical (unpaired) electrons. The van der Waals surface area contributed by atoms with Crippen LogP contribution in [0.2, 0.25) is 0 Å². The van der Waals surface area contributed by atoms with Crippen molar-refractivity contribution in [1.29, 1.82) is 0 Å². The number of ether oxygens (including phenoxy) is 1. The molecule has 0 saturated heterocycles. The van der Waals surface area contributed by atoms with Crippen LogP contribution in [0, 0.1) is 0 Å². The lowest BCUT2D eigenvalue weighted by atomic mass is 9.99. The molecule has 3 rings (SSSR count). The normalized spacial score (nSPS) is 12.9. The Bertz CT molecular complexity index is 1280. The molecule has 0 aliphatic rings. The van der Waals surface area contributed by atoms with E-state index in [1.165, 1.54) is 12.1 Å². The Morgan fingerprint density at radius 1 is 0.718 bits per heavy atom. The van der Waals surface area contributed by atoms with Gasteiger partial charge in [0.2, 0.25) is 5.91 Å². The Morgan fingerprint density at radius 3 is 1.59 bits per heavy atom. The number of halogens is 6. The van der Waals surface area contributed by atoms with Gasteiger partial charge in [0, 0.05) is 12.1 Å². The Hall–Kier alpha value is -4.02. The topological polar surface area (TPSA) is 67.4 Å². The van der Waals surface area contributed by atoms with Crippen LogP contribution in [0.25, 0.3) is 11.1 Å². The molecule has 2 amide bonds. The Balaban J connectivity index is 1.77. The van der Waals surface area contributed by atoms with E-state index in [1.807, 2.05) is 0 Å². The van der Waals surface area contributed by atoms with E-state index in [2.05, 4.69) is 10.6 Å². The van der Waals surface area contributed by atoms with E-state index >= 15 is 0 Å². The van der Waals surface area contributed by atoms with Gasteiger partial charge in [-0.1, -0.05) is 36.4 Å².